The summed E-state index contributed by atoms with van der Waals surface area (Å²) < 4.78 is 13.0. The number of alkyl halides is 1. The van der Waals surface area contributed by atoms with E-state index in [-0.39, 0.29) is 11.9 Å². The van der Waals surface area contributed by atoms with E-state index in [1.54, 1.807) is 12.1 Å². The molecule has 2 heterocycles. The summed E-state index contributed by atoms with van der Waals surface area (Å²) in [5.74, 6) is -0.321. The van der Waals surface area contributed by atoms with Crippen LogP contribution in [0.2, 0.25) is 0 Å². The molecule has 0 radical (unpaired) electrons. The first-order chi connectivity index (χ1) is 10.5. The minimum atomic E-state index is -0.871. The number of benzene rings is 1. The summed E-state index contributed by atoms with van der Waals surface area (Å²) in [7, 11) is 0. The Bertz CT molecular complexity index is 829. The largest absolute Gasteiger partial charge is 0.350 e. The maximum absolute atomic E-state index is 13.0. The van der Waals surface area contributed by atoms with E-state index in [4.69, 9.17) is 0 Å². The van der Waals surface area contributed by atoms with Crippen LogP contribution in [0.25, 0.3) is 11.0 Å². The van der Waals surface area contributed by atoms with Crippen LogP contribution in [-0.4, -0.2) is 41.2 Å². The zero-order chi connectivity index (χ0) is 15.7. The fraction of sp³-hybridized carbons (Fsp3) is 0.357. The summed E-state index contributed by atoms with van der Waals surface area (Å²) in [6.45, 7) is 0.643. The third kappa shape index (κ3) is 2.91. The van der Waals surface area contributed by atoms with Gasteiger partial charge in [-0.2, -0.15) is 0 Å². The van der Waals surface area contributed by atoms with E-state index in [0.29, 0.717) is 36.1 Å². The number of nitrogens with one attached hydrogen (secondary N) is 4. The Balaban J connectivity index is 1.75. The summed E-state index contributed by atoms with van der Waals surface area (Å²) in [5, 5.41) is 5.70. The molecule has 1 fully saturated rings. The SMILES string of the molecule is O=C(NC[C@@H]1C[C@H](F)CN1)c1ccc2[nH]c(=O)c(=O)[nH]c2c1. The number of H-pyrrole nitrogens is 2. The Hall–Kier alpha value is -2.48. The normalized spacial score (nSPS) is 21.1. The van der Waals surface area contributed by atoms with Crippen molar-refractivity contribution in [3.8, 4) is 0 Å². The lowest BCUT2D eigenvalue weighted by Gasteiger charge is -2.11. The highest BCUT2D eigenvalue weighted by Crippen LogP contribution is 2.11. The third-order valence-electron chi connectivity index (χ3n) is 3.66. The number of aromatic amines is 2. The molecule has 4 N–H and O–H groups in total. The lowest BCUT2D eigenvalue weighted by atomic mass is 10.1. The van der Waals surface area contributed by atoms with Gasteiger partial charge in [0, 0.05) is 24.7 Å². The molecule has 0 aliphatic carbocycles. The molecule has 0 unspecified atom stereocenters. The molecule has 0 spiro atoms. The maximum Gasteiger partial charge on any atom is 0.314 e. The van der Waals surface area contributed by atoms with Crippen LogP contribution in [0.5, 0.6) is 0 Å². The summed E-state index contributed by atoms with van der Waals surface area (Å²) in [6.07, 6.45) is -0.489. The molecule has 2 atom stereocenters. The monoisotopic (exact) mass is 306 g/mol. The van der Waals surface area contributed by atoms with Gasteiger partial charge in [0.1, 0.15) is 6.17 Å². The predicted octanol–water partition coefficient (Wildman–Crippen LogP) is -0.354. The number of fused-ring (bicyclic) bond motifs is 1. The van der Waals surface area contributed by atoms with Gasteiger partial charge in [-0.05, 0) is 24.6 Å². The second-order valence-corrected chi connectivity index (χ2v) is 5.32. The first-order valence-electron chi connectivity index (χ1n) is 6.95. The zero-order valence-electron chi connectivity index (χ0n) is 11.6. The van der Waals surface area contributed by atoms with Crippen LogP contribution in [-0.2, 0) is 0 Å². The average Bonchev–Trinajstić information content (AvgIpc) is 2.91. The minimum absolute atomic E-state index is 0.0735. The van der Waals surface area contributed by atoms with Gasteiger partial charge >= 0.3 is 11.1 Å². The Morgan fingerprint density at radius 2 is 1.95 bits per heavy atom. The van der Waals surface area contributed by atoms with Gasteiger partial charge in [-0.3, -0.25) is 14.4 Å². The Morgan fingerprint density at radius 3 is 2.64 bits per heavy atom. The fourth-order valence-electron chi connectivity index (χ4n) is 2.50. The van der Waals surface area contributed by atoms with Gasteiger partial charge in [-0.15, -0.1) is 0 Å². The van der Waals surface area contributed by atoms with Crippen LogP contribution in [0.15, 0.2) is 27.8 Å². The predicted molar refractivity (Wildman–Crippen MR) is 78.8 cm³/mol. The van der Waals surface area contributed by atoms with Crippen molar-refractivity contribution in [3.63, 3.8) is 0 Å². The molecule has 2 aromatic rings. The molecule has 1 aliphatic rings. The van der Waals surface area contributed by atoms with Crippen LogP contribution in [0.4, 0.5) is 4.39 Å². The first-order valence-corrected chi connectivity index (χ1v) is 6.95. The molecule has 1 saturated heterocycles. The second kappa shape index (κ2) is 5.72. The molecule has 1 amide bonds. The van der Waals surface area contributed by atoms with Crippen molar-refractivity contribution < 1.29 is 9.18 Å². The van der Waals surface area contributed by atoms with Gasteiger partial charge in [-0.25, -0.2) is 4.39 Å². The highest BCUT2D eigenvalue weighted by Gasteiger charge is 2.23. The average molecular weight is 306 g/mol. The molecule has 3 rings (SSSR count). The van der Waals surface area contributed by atoms with Crippen molar-refractivity contribution in [2.45, 2.75) is 18.6 Å². The molecular weight excluding hydrogens is 291 g/mol. The second-order valence-electron chi connectivity index (χ2n) is 5.32. The Labute approximate surface area is 123 Å². The van der Waals surface area contributed by atoms with E-state index in [1.807, 2.05) is 0 Å². The van der Waals surface area contributed by atoms with E-state index in [2.05, 4.69) is 20.6 Å². The summed E-state index contributed by atoms with van der Waals surface area (Å²) in [6, 6.07) is 4.51. The first kappa shape index (κ1) is 14.5. The van der Waals surface area contributed by atoms with Crippen molar-refractivity contribution in [2.75, 3.05) is 13.1 Å². The van der Waals surface area contributed by atoms with Crippen molar-refractivity contribution >= 4 is 16.9 Å². The molecule has 0 bridgehead atoms. The number of carbonyl (C=O) groups excluding carboxylic acids is 1. The van der Waals surface area contributed by atoms with E-state index in [0.717, 1.165) is 0 Å². The summed E-state index contributed by atoms with van der Waals surface area (Å²) >= 11 is 0. The minimum Gasteiger partial charge on any atom is -0.350 e. The van der Waals surface area contributed by atoms with Gasteiger partial charge < -0.3 is 20.6 Å². The van der Waals surface area contributed by atoms with Crippen LogP contribution < -0.4 is 21.8 Å². The van der Waals surface area contributed by atoms with E-state index in [1.165, 1.54) is 6.07 Å². The van der Waals surface area contributed by atoms with Gasteiger partial charge in [0.2, 0.25) is 0 Å². The molecule has 22 heavy (non-hydrogen) atoms. The number of amides is 1. The number of halogens is 1. The molecule has 1 aromatic carbocycles. The standard InChI is InChI=1S/C14H15FN4O3/c15-8-4-9(16-5-8)6-17-12(20)7-1-2-10-11(3-7)19-14(22)13(21)18-10/h1-3,8-9,16H,4-6H2,(H,17,20)(H,18,21)(H,19,22)/t8-,9-/m0/s1. The van der Waals surface area contributed by atoms with Crippen molar-refractivity contribution in [2.24, 2.45) is 0 Å². The van der Waals surface area contributed by atoms with Crippen molar-refractivity contribution in [1.29, 1.82) is 0 Å². The van der Waals surface area contributed by atoms with Crippen LogP contribution >= 0.6 is 0 Å². The van der Waals surface area contributed by atoms with Crippen molar-refractivity contribution in [3.05, 3.63) is 44.5 Å². The molecule has 1 aromatic heterocycles. The molecular formula is C14H15FN4O3. The topological polar surface area (TPSA) is 107 Å². The van der Waals surface area contributed by atoms with Gasteiger partial charge in [0.05, 0.1) is 11.0 Å². The Kier molecular flexibility index (Phi) is 3.76. The van der Waals surface area contributed by atoms with E-state index >= 15 is 0 Å². The lowest BCUT2D eigenvalue weighted by molar-refractivity contribution is 0.0950. The molecule has 0 saturated carbocycles. The van der Waals surface area contributed by atoms with Crippen LogP contribution in [0.1, 0.15) is 16.8 Å². The quantitative estimate of drug-likeness (QED) is 0.581. The van der Waals surface area contributed by atoms with E-state index < -0.39 is 17.3 Å². The zero-order valence-corrected chi connectivity index (χ0v) is 11.6. The Morgan fingerprint density at radius 1 is 1.23 bits per heavy atom. The fourth-order valence-corrected chi connectivity index (χ4v) is 2.50. The number of aromatic nitrogens is 2. The third-order valence-corrected chi connectivity index (χ3v) is 3.66. The van der Waals surface area contributed by atoms with Gasteiger partial charge in [-0.1, -0.05) is 0 Å². The smallest absolute Gasteiger partial charge is 0.314 e. The molecule has 1 aliphatic heterocycles. The molecule has 7 nitrogen and oxygen atoms in total. The lowest BCUT2D eigenvalue weighted by Crippen LogP contribution is -2.37. The number of carbonyl (C=O) groups is 1. The highest BCUT2D eigenvalue weighted by molar-refractivity contribution is 5.97. The summed E-state index contributed by atoms with van der Waals surface area (Å²) in [4.78, 5) is 39.4. The van der Waals surface area contributed by atoms with Crippen LogP contribution in [0.3, 0.4) is 0 Å². The highest BCUT2D eigenvalue weighted by atomic mass is 19.1. The number of rotatable bonds is 3. The van der Waals surface area contributed by atoms with Crippen LogP contribution in [0, 0.1) is 0 Å². The van der Waals surface area contributed by atoms with Gasteiger partial charge in [0.15, 0.2) is 0 Å². The number of hydrogen-bond donors (Lipinski definition) is 4. The maximum atomic E-state index is 13.0. The van der Waals surface area contributed by atoms with Gasteiger partial charge in [0.25, 0.3) is 5.91 Å². The molecule has 8 heteroatoms. The number of hydrogen-bond acceptors (Lipinski definition) is 4. The van der Waals surface area contributed by atoms with E-state index in [9.17, 15) is 18.8 Å². The summed E-state index contributed by atoms with van der Waals surface area (Å²) in [5.41, 5.74) is -0.337. The molecule has 116 valence electrons. The van der Waals surface area contributed by atoms with Crippen molar-refractivity contribution in [1.82, 2.24) is 20.6 Å².